The van der Waals surface area contributed by atoms with Crippen molar-refractivity contribution < 1.29 is 0 Å². The molecule has 1 aromatic carbocycles. The van der Waals surface area contributed by atoms with Crippen LogP contribution in [0.4, 0.5) is 0 Å². The Morgan fingerprint density at radius 2 is 2.11 bits per heavy atom. The van der Waals surface area contributed by atoms with Crippen LogP contribution in [-0.2, 0) is 0 Å². The number of benzene rings is 1. The van der Waals surface area contributed by atoms with Crippen LogP contribution in [-0.4, -0.2) is 18.8 Å². The predicted molar refractivity (Wildman–Crippen MR) is 84.3 cm³/mol. The molecule has 1 atom stereocenters. The molecule has 1 N–H and O–H groups in total. The molecule has 2 rings (SSSR count). The minimum absolute atomic E-state index is 0.661. The third kappa shape index (κ3) is 4.29. The van der Waals surface area contributed by atoms with Gasteiger partial charge in [0.25, 0.3) is 0 Å². The van der Waals surface area contributed by atoms with E-state index in [0.29, 0.717) is 6.04 Å². The molecule has 0 saturated heterocycles. The number of hydrogen-bond donors (Lipinski definition) is 1. The van der Waals surface area contributed by atoms with Crippen LogP contribution in [0.3, 0.4) is 0 Å². The maximum atomic E-state index is 3.53. The first-order valence-corrected chi connectivity index (χ1v) is 8.63. The molecule has 3 heteroatoms. The molecule has 1 fully saturated rings. The monoisotopic (exact) mass is 327 g/mol. The quantitative estimate of drug-likeness (QED) is 0.786. The van der Waals surface area contributed by atoms with Gasteiger partial charge in [-0.05, 0) is 44.0 Å². The van der Waals surface area contributed by atoms with Crippen molar-refractivity contribution in [2.24, 2.45) is 5.92 Å². The van der Waals surface area contributed by atoms with Crippen molar-refractivity contribution in [3.63, 3.8) is 0 Å². The van der Waals surface area contributed by atoms with Gasteiger partial charge in [0.2, 0.25) is 0 Å². The van der Waals surface area contributed by atoms with Crippen LogP contribution in [0.2, 0.25) is 0 Å². The third-order valence-corrected chi connectivity index (χ3v) is 5.42. The molecule has 0 radical (unpaired) electrons. The van der Waals surface area contributed by atoms with E-state index in [0.717, 1.165) is 5.92 Å². The predicted octanol–water partition coefficient (Wildman–Crippen LogP) is 4.71. The van der Waals surface area contributed by atoms with Crippen LogP contribution in [0.5, 0.6) is 0 Å². The molecule has 100 valence electrons. The summed E-state index contributed by atoms with van der Waals surface area (Å²) < 4.78 is 1.17. The van der Waals surface area contributed by atoms with Crippen molar-refractivity contribution in [3.8, 4) is 0 Å². The molecule has 0 aromatic heterocycles. The standard InChI is InChI=1S/C15H22BrNS/c1-17-15(12-6-3-2-4-7-12)11-18-14-9-5-8-13(16)10-14/h5,8-10,12,15,17H,2-4,6-7,11H2,1H3. The highest BCUT2D eigenvalue weighted by Crippen LogP contribution is 2.30. The Bertz CT molecular complexity index is 363. The largest absolute Gasteiger partial charge is 0.316 e. The highest BCUT2D eigenvalue weighted by atomic mass is 79.9. The van der Waals surface area contributed by atoms with E-state index in [1.807, 2.05) is 11.8 Å². The maximum absolute atomic E-state index is 3.53. The second kappa shape index (κ2) is 7.56. The van der Waals surface area contributed by atoms with Gasteiger partial charge in [0.05, 0.1) is 0 Å². The summed E-state index contributed by atoms with van der Waals surface area (Å²) in [5.41, 5.74) is 0. The molecule has 1 unspecified atom stereocenters. The fourth-order valence-corrected chi connectivity index (χ4v) is 4.48. The van der Waals surface area contributed by atoms with E-state index < -0.39 is 0 Å². The molecule has 0 spiro atoms. The Morgan fingerprint density at radius 1 is 1.33 bits per heavy atom. The Morgan fingerprint density at radius 3 is 2.78 bits per heavy atom. The number of nitrogens with one attached hydrogen (secondary N) is 1. The van der Waals surface area contributed by atoms with Gasteiger partial charge in [0.1, 0.15) is 0 Å². The fraction of sp³-hybridized carbons (Fsp3) is 0.600. The Hall–Kier alpha value is 0.01000. The zero-order valence-electron chi connectivity index (χ0n) is 11.0. The lowest BCUT2D eigenvalue weighted by molar-refractivity contribution is 0.294. The van der Waals surface area contributed by atoms with Crippen molar-refractivity contribution in [1.82, 2.24) is 5.32 Å². The maximum Gasteiger partial charge on any atom is 0.0186 e. The van der Waals surface area contributed by atoms with E-state index in [1.165, 1.54) is 47.2 Å². The van der Waals surface area contributed by atoms with E-state index in [9.17, 15) is 0 Å². The topological polar surface area (TPSA) is 12.0 Å². The van der Waals surface area contributed by atoms with Crippen LogP contribution in [0.1, 0.15) is 32.1 Å². The van der Waals surface area contributed by atoms with Gasteiger partial charge in [-0.25, -0.2) is 0 Å². The fourth-order valence-electron chi connectivity index (χ4n) is 2.73. The Labute approximate surface area is 123 Å². The van der Waals surface area contributed by atoms with Gasteiger partial charge < -0.3 is 5.32 Å². The lowest BCUT2D eigenvalue weighted by atomic mass is 9.84. The van der Waals surface area contributed by atoms with Crippen molar-refractivity contribution in [2.75, 3.05) is 12.8 Å². The Kier molecular flexibility index (Phi) is 6.06. The molecule has 1 aliphatic carbocycles. The van der Waals surface area contributed by atoms with Gasteiger partial charge in [-0.2, -0.15) is 0 Å². The normalized spacial score (nSPS) is 18.8. The smallest absolute Gasteiger partial charge is 0.0186 e. The van der Waals surface area contributed by atoms with E-state index in [4.69, 9.17) is 0 Å². The summed E-state index contributed by atoms with van der Waals surface area (Å²) in [6, 6.07) is 9.26. The van der Waals surface area contributed by atoms with Crippen LogP contribution < -0.4 is 5.32 Å². The van der Waals surface area contributed by atoms with Crippen LogP contribution >= 0.6 is 27.7 Å². The van der Waals surface area contributed by atoms with Crippen molar-refractivity contribution in [3.05, 3.63) is 28.7 Å². The summed E-state index contributed by atoms with van der Waals surface area (Å²) >= 11 is 5.50. The zero-order chi connectivity index (χ0) is 12.8. The zero-order valence-corrected chi connectivity index (χ0v) is 13.4. The van der Waals surface area contributed by atoms with E-state index in [2.05, 4.69) is 52.6 Å². The minimum atomic E-state index is 0.661. The highest BCUT2D eigenvalue weighted by Gasteiger charge is 2.22. The average Bonchev–Trinajstić information content (AvgIpc) is 2.41. The van der Waals surface area contributed by atoms with E-state index in [-0.39, 0.29) is 0 Å². The van der Waals surface area contributed by atoms with Crippen LogP contribution in [0, 0.1) is 5.92 Å². The first-order valence-electron chi connectivity index (χ1n) is 6.85. The van der Waals surface area contributed by atoms with E-state index >= 15 is 0 Å². The molecule has 1 aromatic rings. The summed E-state index contributed by atoms with van der Waals surface area (Å²) in [4.78, 5) is 1.36. The molecular weight excluding hydrogens is 306 g/mol. The SMILES string of the molecule is CNC(CSc1cccc(Br)c1)C1CCCCC1. The third-order valence-electron chi connectivity index (χ3n) is 3.82. The molecule has 0 bridgehead atoms. The summed E-state index contributed by atoms with van der Waals surface area (Å²) in [6.07, 6.45) is 7.09. The summed E-state index contributed by atoms with van der Waals surface area (Å²) in [5.74, 6) is 2.06. The highest BCUT2D eigenvalue weighted by molar-refractivity contribution is 9.10. The van der Waals surface area contributed by atoms with Crippen molar-refractivity contribution in [1.29, 1.82) is 0 Å². The second-order valence-electron chi connectivity index (χ2n) is 5.06. The first kappa shape index (κ1) is 14.4. The molecule has 18 heavy (non-hydrogen) atoms. The van der Waals surface area contributed by atoms with Gasteiger partial charge in [0, 0.05) is 21.2 Å². The molecule has 1 nitrogen and oxygen atoms in total. The molecule has 1 saturated carbocycles. The lowest BCUT2D eigenvalue weighted by Gasteiger charge is -2.29. The Balaban J connectivity index is 1.86. The molecule has 1 aliphatic rings. The summed E-state index contributed by atoms with van der Waals surface area (Å²) in [7, 11) is 2.11. The molecule has 0 aliphatic heterocycles. The number of thioether (sulfide) groups is 1. The van der Waals surface area contributed by atoms with Crippen LogP contribution in [0.15, 0.2) is 33.6 Å². The lowest BCUT2D eigenvalue weighted by Crippen LogP contribution is -2.36. The van der Waals surface area contributed by atoms with E-state index in [1.54, 1.807) is 0 Å². The van der Waals surface area contributed by atoms with Crippen LogP contribution in [0.25, 0.3) is 0 Å². The van der Waals surface area contributed by atoms with Crippen molar-refractivity contribution in [2.45, 2.75) is 43.0 Å². The summed E-state index contributed by atoms with van der Waals surface area (Å²) in [6.45, 7) is 0. The average molecular weight is 328 g/mol. The number of rotatable bonds is 5. The minimum Gasteiger partial charge on any atom is -0.316 e. The molecular formula is C15H22BrNS. The number of halogens is 1. The van der Waals surface area contributed by atoms with Gasteiger partial charge in [0.15, 0.2) is 0 Å². The van der Waals surface area contributed by atoms with Crippen molar-refractivity contribution >= 4 is 27.7 Å². The second-order valence-corrected chi connectivity index (χ2v) is 7.07. The van der Waals surface area contributed by atoms with Gasteiger partial charge in [-0.3, -0.25) is 0 Å². The van der Waals surface area contributed by atoms with Gasteiger partial charge in [-0.1, -0.05) is 41.3 Å². The number of hydrogen-bond acceptors (Lipinski definition) is 2. The van der Waals surface area contributed by atoms with Gasteiger partial charge >= 0.3 is 0 Å². The van der Waals surface area contributed by atoms with Gasteiger partial charge in [-0.15, -0.1) is 11.8 Å². The molecule has 0 amide bonds. The summed E-state index contributed by atoms with van der Waals surface area (Å²) in [5, 5.41) is 3.52. The molecule has 0 heterocycles. The first-order chi connectivity index (χ1) is 8.79.